The van der Waals surface area contributed by atoms with Gasteiger partial charge in [-0.2, -0.15) is 0 Å². The Morgan fingerprint density at radius 2 is 1.86 bits per heavy atom. The number of carbonyl (C=O) groups excluding carboxylic acids is 2. The van der Waals surface area contributed by atoms with E-state index < -0.39 is 11.6 Å². The van der Waals surface area contributed by atoms with Crippen molar-refractivity contribution in [2.24, 2.45) is 0 Å². The third-order valence-electron chi connectivity index (χ3n) is 5.76. The lowest BCUT2D eigenvalue weighted by Crippen LogP contribution is -2.40. The van der Waals surface area contributed by atoms with Crippen molar-refractivity contribution in [3.63, 3.8) is 0 Å². The van der Waals surface area contributed by atoms with Gasteiger partial charge in [0.05, 0.1) is 0 Å². The largest absolute Gasteiger partial charge is 0.366 e. The SMILES string of the molecule is CC1(c2ccc(CNc3cc(C4CCCCC4)ncn3)cc2)NC(=O)NC1=O. The summed E-state index contributed by atoms with van der Waals surface area (Å²) < 4.78 is 0. The van der Waals surface area contributed by atoms with Gasteiger partial charge in [-0.05, 0) is 30.9 Å². The van der Waals surface area contributed by atoms with Crippen molar-refractivity contribution in [3.05, 3.63) is 53.5 Å². The second kappa shape index (κ2) is 7.58. The van der Waals surface area contributed by atoms with Crippen LogP contribution in [0.1, 0.15) is 61.8 Å². The summed E-state index contributed by atoms with van der Waals surface area (Å²) in [5.41, 5.74) is 1.92. The maximum absolute atomic E-state index is 12.0. The fourth-order valence-electron chi connectivity index (χ4n) is 3.99. The van der Waals surface area contributed by atoms with Crippen LogP contribution >= 0.6 is 0 Å². The first-order valence-corrected chi connectivity index (χ1v) is 9.83. The summed E-state index contributed by atoms with van der Waals surface area (Å²) in [6.07, 6.45) is 7.94. The Labute approximate surface area is 164 Å². The van der Waals surface area contributed by atoms with E-state index in [1.165, 1.54) is 32.1 Å². The number of benzene rings is 1. The van der Waals surface area contributed by atoms with Gasteiger partial charge in [-0.3, -0.25) is 10.1 Å². The Kier molecular flexibility index (Phi) is 4.98. The smallest absolute Gasteiger partial charge is 0.322 e. The van der Waals surface area contributed by atoms with Crippen LogP contribution in [0.3, 0.4) is 0 Å². The van der Waals surface area contributed by atoms with E-state index in [1.54, 1.807) is 13.3 Å². The van der Waals surface area contributed by atoms with E-state index in [9.17, 15) is 9.59 Å². The summed E-state index contributed by atoms with van der Waals surface area (Å²) in [6, 6.07) is 9.24. The minimum atomic E-state index is -1.02. The van der Waals surface area contributed by atoms with E-state index in [0.29, 0.717) is 12.5 Å². The minimum absolute atomic E-state index is 0.334. The van der Waals surface area contributed by atoms with Crippen molar-refractivity contribution in [1.29, 1.82) is 0 Å². The summed E-state index contributed by atoms with van der Waals surface area (Å²) in [5, 5.41) is 8.32. The Hall–Kier alpha value is -2.96. The second-order valence-electron chi connectivity index (χ2n) is 7.75. The molecule has 2 aliphatic rings. The number of anilines is 1. The molecule has 28 heavy (non-hydrogen) atoms. The van der Waals surface area contributed by atoms with Gasteiger partial charge in [-0.25, -0.2) is 14.8 Å². The van der Waals surface area contributed by atoms with Crippen LogP contribution in [0.4, 0.5) is 10.6 Å². The zero-order chi connectivity index (χ0) is 19.6. The Morgan fingerprint density at radius 3 is 2.54 bits per heavy atom. The van der Waals surface area contributed by atoms with Crippen LogP contribution in [0.25, 0.3) is 0 Å². The molecule has 2 fully saturated rings. The summed E-state index contributed by atoms with van der Waals surface area (Å²) in [6.45, 7) is 2.32. The molecule has 1 atom stereocenters. The first-order valence-electron chi connectivity index (χ1n) is 9.83. The summed E-state index contributed by atoms with van der Waals surface area (Å²) in [7, 11) is 0. The molecule has 1 saturated heterocycles. The van der Waals surface area contributed by atoms with E-state index >= 15 is 0 Å². The van der Waals surface area contributed by atoms with Gasteiger partial charge in [0, 0.05) is 24.2 Å². The van der Waals surface area contributed by atoms with E-state index in [4.69, 9.17) is 0 Å². The monoisotopic (exact) mass is 379 g/mol. The summed E-state index contributed by atoms with van der Waals surface area (Å²) in [5.74, 6) is 1.04. The first-order chi connectivity index (χ1) is 13.5. The molecule has 2 heterocycles. The molecular weight excluding hydrogens is 354 g/mol. The molecule has 1 unspecified atom stereocenters. The number of carbonyl (C=O) groups is 2. The molecule has 3 N–H and O–H groups in total. The molecule has 1 aromatic heterocycles. The van der Waals surface area contributed by atoms with Crippen molar-refractivity contribution < 1.29 is 9.59 Å². The Morgan fingerprint density at radius 1 is 1.11 bits per heavy atom. The lowest BCUT2D eigenvalue weighted by Gasteiger charge is -2.21. The number of rotatable bonds is 5. The summed E-state index contributed by atoms with van der Waals surface area (Å²) in [4.78, 5) is 32.3. The molecule has 4 rings (SSSR count). The molecule has 7 heteroatoms. The molecule has 1 aromatic carbocycles. The molecule has 2 aromatic rings. The summed E-state index contributed by atoms with van der Waals surface area (Å²) >= 11 is 0. The number of nitrogens with one attached hydrogen (secondary N) is 3. The zero-order valence-corrected chi connectivity index (χ0v) is 16.0. The van der Waals surface area contributed by atoms with Crippen LogP contribution < -0.4 is 16.0 Å². The van der Waals surface area contributed by atoms with Gasteiger partial charge in [0.25, 0.3) is 5.91 Å². The fourth-order valence-corrected chi connectivity index (χ4v) is 3.99. The third-order valence-corrected chi connectivity index (χ3v) is 5.76. The number of hydrogen-bond donors (Lipinski definition) is 3. The van der Waals surface area contributed by atoms with Crippen molar-refractivity contribution in [2.45, 2.75) is 57.0 Å². The number of imide groups is 1. The third kappa shape index (κ3) is 3.69. The van der Waals surface area contributed by atoms with Crippen molar-refractivity contribution in [2.75, 3.05) is 5.32 Å². The van der Waals surface area contributed by atoms with Crippen molar-refractivity contribution in [1.82, 2.24) is 20.6 Å². The average molecular weight is 379 g/mol. The maximum atomic E-state index is 12.0. The molecule has 0 spiro atoms. The molecule has 0 radical (unpaired) electrons. The second-order valence-corrected chi connectivity index (χ2v) is 7.75. The Bertz CT molecular complexity index is 877. The van der Waals surface area contributed by atoms with Crippen LogP contribution in [0.2, 0.25) is 0 Å². The van der Waals surface area contributed by atoms with Crippen LogP contribution in [-0.2, 0) is 16.9 Å². The molecule has 1 saturated carbocycles. The van der Waals surface area contributed by atoms with Gasteiger partial charge < -0.3 is 10.6 Å². The van der Waals surface area contributed by atoms with E-state index in [0.717, 1.165) is 22.6 Å². The van der Waals surface area contributed by atoms with Crippen LogP contribution in [-0.4, -0.2) is 21.9 Å². The molecule has 7 nitrogen and oxygen atoms in total. The maximum Gasteiger partial charge on any atom is 0.322 e. The predicted octanol–water partition coefficient (Wildman–Crippen LogP) is 3.19. The first kappa shape index (κ1) is 18.4. The van der Waals surface area contributed by atoms with Gasteiger partial charge in [0.1, 0.15) is 17.7 Å². The average Bonchev–Trinajstić information content (AvgIpc) is 3.00. The van der Waals surface area contributed by atoms with Crippen LogP contribution in [0.5, 0.6) is 0 Å². The lowest BCUT2D eigenvalue weighted by atomic mass is 9.87. The van der Waals surface area contributed by atoms with Crippen molar-refractivity contribution in [3.8, 4) is 0 Å². The zero-order valence-electron chi connectivity index (χ0n) is 16.0. The van der Waals surface area contributed by atoms with Gasteiger partial charge in [0.15, 0.2) is 0 Å². The Balaban J connectivity index is 1.40. The molecule has 146 valence electrons. The van der Waals surface area contributed by atoms with Gasteiger partial charge in [-0.15, -0.1) is 0 Å². The number of hydrogen-bond acceptors (Lipinski definition) is 5. The highest BCUT2D eigenvalue weighted by Gasteiger charge is 2.43. The molecule has 1 aliphatic carbocycles. The molecule has 1 aliphatic heterocycles. The quantitative estimate of drug-likeness (QED) is 0.694. The fraction of sp³-hybridized carbons (Fsp3) is 0.429. The standard InChI is InChI=1S/C21H25N5O2/c1-21(19(27)25-20(28)26-21)16-9-7-14(8-10-16)12-22-18-11-17(23-13-24-18)15-5-3-2-4-6-15/h7-11,13,15H,2-6,12H2,1H3,(H,22,23,24)(H2,25,26,27,28). The lowest BCUT2D eigenvalue weighted by molar-refractivity contribution is -0.123. The van der Waals surface area contributed by atoms with Gasteiger partial charge in [-0.1, -0.05) is 43.5 Å². The number of aromatic nitrogens is 2. The normalized spacial score (nSPS) is 22.6. The minimum Gasteiger partial charge on any atom is -0.366 e. The van der Waals surface area contributed by atoms with E-state index in [2.05, 4.69) is 32.0 Å². The van der Waals surface area contributed by atoms with E-state index in [-0.39, 0.29) is 5.91 Å². The van der Waals surface area contributed by atoms with Gasteiger partial charge >= 0.3 is 6.03 Å². The highest BCUT2D eigenvalue weighted by Crippen LogP contribution is 2.32. The van der Waals surface area contributed by atoms with Crippen molar-refractivity contribution >= 4 is 17.8 Å². The number of nitrogens with zero attached hydrogens (tertiary/aromatic N) is 2. The van der Waals surface area contributed by atoms with Gasteiger partial charge in [0.2, 0.25) is 0 Å². The van der Waals surface area contributed by atoms with Crippen LogP contribution in [0.15, 0.2) is 36.7 Å². The highest BCUT2D eigenvalue weighted by atomic mass is 16.2. The highest BCUT2D eigenvalue weighted by molar-refractivity contribution is 6.07. The molecular formula is C21H25N5O2. The van der Waals surface area contributed by atoms with Crippen LogP contribution in [0, 0.1) is 0 Å². The predicted molar refractivity (Wildman–Crippen MR) is 106 cm³/mol. The molecule has 0 bridgehead atoms. The number of amides is 3. The molecule has 3 amide bonds. The topological polar surface area (TPSA) is 96.0 Å². The number of urea groups is 1. The van der Waals surface area contributed by atoms with E-state index in [1.807, 2.05) is 24.3 Å².